The Morgan fingerprint density at radius 1 is 1.00 bits per heavy atom. The molecule has 6 nitrogen and oxygen atoms in total. The minimum atomic E-state index is -0.478. The van der Waals surface area contributed by atoms with Crippen LogP contribution in [0.1, 0.15) is 44.9 Å². The molecule has 0 saturated carbocycles. The van der Waals surface area contributed by atoms with Crippen LogP contribution >= 0.6 is 23.1 Å². The molecule has 0 aliphatic heterocycles. The minimum absolute atomic E-state index is 0.0151. The standard InChI is InChI=1S/C29H31N3O3S2/c1-5-35-21-13-16-23-24(17-21)37-28(31-23)32-27(34)26(19-9-7-6-8-10-19)36-22-14-11-20(12-15-22)30-25(33)18-29(2,3)4/h6-17,26H,5,18H2,1-4H3,(H,30,33)(H,31,32,34). The Morgan fingerprint density at radius 2 is 1.73 bits per heavy atom. The number of hydrogen-bond acceptors (Lipinski definition) is 6. The summed E-state index contributed by atoms with van der Waals surface area (Å²) in [5, 5.41) is 6.03. The predicted octanol–water partition coefficient (Wildman–Crippen LogP) is 7.54. The maximum absolute atomic E-state index is 13.5. The van der Waals surface area contributed by atoms with Crippen LogP contribution in [0.5, 0.6) is 5.75 Å². The summed E-state index contributed by atoms with van der Waals surface area (Å²) in [5.74, 6) is 0.619. The quantitative estimate of drug-likeness (QED) is 0.217. The van der Waals surface area contributed by atoms with Gasteiger partial charge in [-0.2, -0.15) is 0 Å². The highest BCUT2D eigenvalue weighted by atomic mass is 32.2. The highest BCUT2D eigenvalue weighted by molar-refractivity contribution is 8.00. The van der Waals surface area contributed by atoms with Crippen molar-refractivity contribution in [1.29, 1.82) is 0 Å². The zero-order chi connectivity index (χ0) is 26.4. The molecule has 8 heteroatoms. The lowest BCUT2D eigenvalue weighted by Gasteiger charge is -2.18. The van der Waals surface area contributed by atoms with Gasteiger partial charge in [0.25, 0.3) is 0 Å². The number of ether oxygens (including phenoxy) is 1. The van der Waals surface area contributed by atoms with E-state index in [1.54, 1.807) is 0 Å². The average molecular weight is 534 g/mol. The van der Waals surface area contributed by atoms with Crippen LogP contribution in [0.15, 0.2) is 77.7 Å². The fourth-order valence-electron chi connectivity index (χ4n) is 3.73. The molecule has 0 saturated heterocycles. The topological polar surface area (TPSA) is 80.3 Å². The van der Waals surface area contributed by atoms with E-state index >= 15 is 0 Å². The lowest BCUT2D eigenvalue weighted by atomic mass is 9.92. The number of carbonyl (C=O) groups excluding carboxylic acids is 2. The molecule has 0 fully saturated rings. The van der Waals surface area contributed by atoms with Crippen molar-refractivity contribution >= 4 is 55.9 Å². The number of fused-ring (bicyclic) bond motifs is 1. The van der Waals surface area contributed by atoms with E-state index in [9.17, 15) is 9.59 Å². The van der Waals surface area contributed by atoms with Crippen molar-refractivity contribution < 1.29 is 14.3 Å². The van der Waals surface area contributed by atoms with Crippen LogP contribution in [0.4, 0.5) is 10.8 Å². The van der Waals surface area contributed by atoms with Crippen LogP contribution in [-0.2, 0) is 9.59 Å². The molecule has 1 aromatic heterocycles. The smallest absolute Gasteiger partial charge is 0.244 e. The molecule has 4 aromatic rings. The van der Waals surface area contributed by atoms with E-state index in [1.807, 2.05) is 100 Å². The normalized spacial score (nSPS) is 12.2. The molecule has 2 amide bonds. The second-order valence-corrected chi connectivity index (χ2v) is 12.0. The third-order valence-corrected chi connectivity index (χ3v) is 7.52. The van der Waals surface area contributed by atoms with Gasteiger partial charge in [0, 0.05) is 17.0 Å². The Labute approximate surface area is 225 Å². The van der Waals surface area contributed by atoms with Crippen LogP contribution in [0.3, 0.4) is 0 Å². The van der Waals surface area contributed by atoms with Crippen molar-refractivity contribution in [2.24, 2.45) is 5.41 Å². The van der Waals surface area contributed by atoms with Crippen molar-refractivity contribution in [3.05, 3.63) is 78.4 Å². The third kappa shape index (κ3) is 7.57. The minimum Gasteiger partial charge on any atom is -0.494 e. The van der Waals surface area contributed by atoms with Crippen LogP contribution in [0, 0.1) is 5.41 Å². The van der Waals surface area contributed by atoms with Gasteiger partial charge in [-0.3, -0.25) is 9.59 Å². The van der Waals surface area contributed by atoms with Crippen molar-refractivity contribution in [2.75, 3.05) is 17.2 Å². The lowest BCUT2D eigenvalue weighted by molar-refractivity contribution is -0.118. The summed E-state index contributed by atoms with van der Waals surface area (Å²) in [6, 6.07) is 23.0. The number of thioether (sulfide) groups is 1. The predicted molar refractivity (Wildman–Crippen MR) is 154 cm³/mol. The highest BCUT2D eigenvalue weighted by Gasteiger charge is 2.23. The second kappa shape index (κ2) is 11.8. The van der Waals surface area contributed by atoms with Gasteiger partial charge in [0.15, 0.2) is 5.13 Å². The summed E-state index contributed by atoms with van der Waals surface area (Å²) < 4.78 is 6.54. The van der Waals surface area contributed by atoms with Crippen LogP contribution in [-0.4, -0.2) is 23.4 Å². The molecule has 2 N–H and O–H groups in total. The first-order chi connectivity index (χ1) is 17.7. The summed E-state index contributed by atoms with van der Waals surface area (Å²) >= 11 is 2.88. The molecule has 0 spiro atoms. The van der Waals surface area contributed by atoms with Crippen molar-refractivity contribution in [2.45, 2.75) is 44.3 Å². The van der Waals surface area contributed by atoms with Crippen LogP contribution < -0.4 is 15.4 Å². The molecule has 0 bridgehead atoms. The molecule has 1 heterocycles. The zero-order valence-electron chi connectivity index (χ0n) is 21.4. The Hall–Kier alpha value is -3.36. The molecule has 1 atom stereocenters. The summed E-state index contributed by atoms with van der Waals surface area (Å²) in [6.45, 7) is 8.64. The van der Waals surface area contributed by atoms with E-state index in [1.165, 1.54) is 23.1 Å². The van der Waals surface area contributed by atoms with Crippen molar-refractivity contribution in [3.63, 3.8) is 0 Å². The monoisotopic (exact) mass is 533 g/mol. The molecule has 4 rings (SSSR count). The number of hydrogen-bond donors (Lipinski definition) is 2. The van der Waals surface area contributed by atoms with Crippen LogP contribution in [0.2, 0.25) is 0 Å². The summed E-state index contributed by atoms with van der Waals surface area (Å²) in [5.41, 5.74) is 2.37. The lowest BCUT2D eigenvalue weighted by Crippen LogP contribution is -2.19. The maximum Gasteiger partial charge on any atom is 0.244 e. The Bertz CT molecular complexity index is 1360. The van der Waals surface area contributed by atoms with Gasteiger partial charge < -0.3 is 15.4 Å². The molecular formula is C29H31N3O3S2. The van der Waals surface area contributed by atoms with Crippen LogP contribution in [0.25, 0.3) is 10.2 Å². The number of rotatable bonds is 9. The molecule has 0 radical (unpaired) electrons. The van der Waals surface area contributed by atoms with Gasteiger partial charge in [0.2, 0.25) is 11.8 Å². The number of benzene rings is 3. The third-order valence-electron chi connectivity index (χ3n) is 5.32. The second-order valence-electron chi connectivity index (χ2n) is 9.79. The highest BCUT2D eigenvalue weighted by Crippen LogP contribution is 2.38. The zero-order valence-corrected chi connectivity index (χ0v) is 23.0. The van der Waals surface area contributed by atoms with E-state index in [-0.39, 0.29) is 17.2 Å². The summed E-state index contributed by atoms with van der Waals surface area (Å²) in [4.78, 5) is 31.2. The van der Waals surface area contributed by atoms with E-state index in [0.717, 1.165) is 32.1 Å². The van der Waals surface area contributed by atoms with Gasteiger partial charge in [-0.1, -0.05) is 62.4 Å². The van der Waals surface area contributed by atoms with E-state index in [4.69, 9.17) is 4.74 Å². The summed E-state index contributed by atoms with van der Waals surface area (Å²) in [7, 11) is 0. The van der Waals surface area contributed by atoms with Gasteiger partial charge in [-0.15, -0.1) is 11.8 Å². The largest absolute Gasteiger partial charge is 0.494 e. The van der Waals surface area contributed by atoms with Crippen molar-refractivity contribution in [1.82, 2.24) is 4.98 Å². The molecule has 0 aliphatic rings. The number of aromatic nitrogens is 1. The molecule has 3 aromatic carbocycles. The Kier molecular flexibility index (Phi) is 8.51. The number of amides is 2. The Balaban J connectivity index is 1.49. The van der Waals surface area contributed by atoms with Gasteiger partial charge in [0.1, 0.15) is 11.0 Å². The van der Waals surface area contributed by atoms with Gasteiger partial charge in [-0.05, 0) is 60.4 Å². The van der Waals surface area contributed by atoms with E-state index in [0.29, 0.717) is 18.2 Å². The van der Waals surface area contributed by atoms with Gasteiger partial charge in [-0.25, -0.2) is 4.98 Å². The van der Waals surface area contributed by atoms with Gasteiger partial charge >= 0.3 is 0 Å². The maximum atomic E-state index is 13.5. The molecule has 192 valence electrons. The number of thiazole rings is 1. The number of nitrogens with one attached hydrogen (secondary N) is 2. The first-order valence-corrected chi connectivity index (χ1v) is 13.9. The fourth-order valence-corrected chi connectivity index (χ4v) is 5.65. The first kappa shape index (κ1) is 26.7. The molecule has 0 aliphatic carbocycles. The Morgan fingerprint density at radius 3 is 2.41 bits per heavy atom. The van der Waals surface area contributed by atoms with E-state index < -0.39 is 5.25 Å². The fraction of sp³-hybridized carbons (Fsp3) is 0.276. The molecule has 1 unspecified atom stereocenters. The van der Waals surface area contributed by atoms with Crippen molar-refractivity contribution in [3.8, 4) is 5.75 Å². The molecular weight excluding hydrogens is 502 g/mol. The number of carbonyl (C=O) groups is 2. The number of nitrogens with zero attached hydrogens (tertiary/aromatic N) is 1. The van der Waals surface area contributed by atoms with Gasteiger partial charge in [0.05, 0.1) is 16.8 Å². The molecule has 37 heavy (non-hydrogen) atoms. The summed E-state index contributed by atoms with van der Waals surface area (Å²) in [6.07, 6.45) is 0.443. The average Bonchev–Trinajstić information content (AvgIpc) is 3.24. The number of anilines is 2. The first-order valence-electron chi connectivity index (χ1n) is 12.2. The SMILES string of the molecule is CCOc1ccc2nc(NC(=O)C(Sc3ccc(NC(=O)CC(C)(C)C)cc3)c3ccccc3)sc2c1. The van der Waals surface area contributed by atoms with E-state index in [2.05, 4.69) is 15.6 Å².